The summed E-state index contributed by atoms with van der Waals surface area (Å²) in [6, 6.07) is 36.9. The van der Waals surface area contributed by atoms with Crippen LogP contribution in [0.15, 0.2) is 157 Å². The van der Waals surface area contributed by atoms with Crippen molar-refractivity contribution in [2.45, 2.75) is 39.3 Å². The van der Waals surface area contributed by atoms with E-state index in [1.54, 1.807) is 0 Å². The van der Waals surface area contributed by atoms with Gasteiger partial charge in [-0.2, -0.15) is 0 Å². The van der Waals surface area contributed by atoms with Crippen LogP contribution in [0.1, 0.15) is 43.5 Å². The maximum absolute atomic E-state index is 7.15. The minimum absolute atomic E-state index is 0.0271. The highest BCUT2D eigenvalue weighted by Gasteiger charge is 2.36. The first-order valence-corrected chi connectivity index (χ1v) is 16.6. The van der Waals surface area contributed by atoms with Crippen LogP contribution in [0.2, 0.25) is 0 Å². The number of fused-ring (bicyclic) bond motifs is 4. The molecule has 3 nitrogen and oxygen atoms in total. The predicted molar refractivity (Wildman–Crippen MR) is 198 cm³/mol. The molecule has 3 heteroatoms. The molecule has 0 N–H and O–H groups in total. The van der Waals surface area contributed by atoms with Crippen molar-refractivity contribution in [2.75, 3.05) is 4.90 Å². The van der Waals surface area contributed by atoms with Gasteiger partial charge in [-0.1, -0.05) is 104 Å². The van der Waals surface area contributed by atoms with Gasteiger partial charge >= 0.3 is 0 Å². The molecule has 0 saturated carbocycles. The topological polar surface area (TPSA) is 17.4 Å². The van der Waals surface area contributed by atoms with Crippen LogP contribution in [0.5, 0.6) is 0 Å². The number of allylic oxidation sites excluding steroid dienone is 7. The molecule has 5 aromatic rings. The Kier molecular flexibility index (Phi) is 7.38. The molecule has 0 bridgehead atoms. The van der Waals surface area contributed by atoms with Crippen LogP contribution in [-0.2, 0) is 11.3 Å². The number of benzene rings is 4. The Morgan fingerprint density at radius 3 is 2.34 bits per heavy atom. The minimum Gasteiger partial charge on any atom is -0.488 e. The molecule has 0 amide bonds. The number of nitrogens with zero attached hydrogens (tertiary/aromatic N) is 2. The van der Waals surface area contributed by atoms with E-state index in [4.69, 9.17) is 4.74 Å². The number of rotatable bonds is 3. The molecular weight excluding hydrogens is 572 g/mol. The Labute approximate surface area is 277 Å². The average molecular weight is 611 g/mol. The second kappa shape index (κ2) is 12.0. The molecule has 1 atom stereocenters. The smallest absolute Gasteiger partial charge is 0.133 e. The van der Waals surface area contributed by atoms with Gasteiger partial charge in [0.05, 0.1) is 17.3 Å². The summed E-state index contributed by atoms with van der Waals surface area (Å²) in [7, 11) is 0. The fourth-order valence-electron chi connectivity index (χ4n) is 7.47. The molecule has 0 spiro atoms. The van der Waals surface area contributed by atoms with Crippen molar-refractivity contribution in [3.05, 3.63) is 174 Å². The Morgan fingerprint density at radius 1 is 0.809 bits per heavy atom. The zero-order valence-corrected chi connectivity index (χ0v) is 27.0. The van der Waals surface area contributed by atoms with Gasteiger partial charge in [0.1, 0.15) is 12.4 Å². The van der Waals surface area contributed by atoms with E-state index in [2.05, 4.69) is 169 Å². The Hall–Kier alpha value is -5.54. The van der Waals surface area contributed by atoms with E-state index in [1.165, 1.54) is 50.1 Å². The van der Waals surface area contributed by atoms with Gasteiger partial charge in [0.15, 0.2) is 0 Å². The molecule has 0 saturated heterocycles. The molecule has 1 aromatic heterocycles. The molecule has 1 unspecified atom stereocenters. The summed E-state index contributed by atoms with van der Waals surface area (Å²) in [6.07, 6.45) is 15.5. The lowest BCUT2D eigenvalue weighted by Gasteiger charge is -2.26. The van der Waals surface area contributed by atoms with Crippen LogP contribution in [0.25, 0.3) is 39.4 Å². The van der Waals surface area contributed by atoms with Crippen molar-refractivity contribution in [2.24, 2.45) is 0 Å². The monoisotopic (exact) mass is 610 g/mol. The van der Waals surface area contributed by atoms with Crippen LogP contribution < -0.4 is 4.90 Å². The van der Waals surface area contributed by atoms with Gasteiger partial charge < -0.3 is 14.2 Å². The normalized spacial score (nSPS) is 20.7. The van der Waals surface area contributed by atoms with E-state index in [9.17, 15) is 0 Å². The number of anilines is 2. The third kappa shape index (κ3) is 4.90. The number of ether oxygens (including phenoxy) is 1. The number of aromatic nitrogens is 1. The lowest BCUT2D eigenvalue weighted by Crippen LogP contribution is -2.24. The lowest BCUT2D eigenvalue weighted by atomic mass is 9.93. The van der Waals surface area contributed by atoms with Crippen LogP contribution >= 0.6 is 0 Å². The second-order valence-electron chi connectivity index (χ2n) is 12.4. The molecule has 47 heavy (non-hydrogen) atoms. The fourth-order valence-corrected chi connectivity index (χ4v) is 7.47. The number of para-hydroxylation sites is 2. The third-order valence-corrected chi connectivity index (χ3v) is 9.67. The first-order chi connectivity index (χ1) is 23.1. The predicted octanol–water partition coefficient (Wildman–Crippen LogP) is 11.5. The molecule has 3 heterocycles. The highest BCUT2D eigenvalue weighted by atomic mass is 16.5. The van der Waals surface area contributed by atoms with Gasteiger partial charge in [-0.05, 0) is 85.9 Å². The Balaban J connectivity index is 1.35. The molecule has 0 fully saturated rings. The van der Waals surface area contributed by atoms with Gasteiger partial charge in [0, 0.05) is 44.7 Å². The lowest BCUT2D eigenvalue weighted by molar-refractivity contribution is 0.209. The van der Waals surface area contributed by atoms with Gasteiger partial charge in [0.25, 0.3) is 0 Å². The van der Waals surface area contributed by atoms with Crippen LogP contribution in [0.3, 0.4) is 0 Å². The number of hydrogen-bond acceptors (Lipinski definition) is 2. The van der Waals surface area contributed by atoms with Crippen LogP contribution in [-0.4, -0.2) is 10.6 Å². The summed E-state index contributed by atoms with van der Waals surface area (Å²) in [5.74, 6) is 0.890. The highest BCUT2D eigenvalue weighted by molar-refractivity contribution is 5.97. The highest BCUT2D eigenvalue weighted by Crippen LogP contribution is 2.49. The summed E-state index contributed by atoms with van der Waals surface area (Å²) >= 11 is 0. The Bertz CT molecular complexity index is 2170. The first kappa shape index (κ1) is 28.9. The zero-order valence-electron chi connectivity index (χ0n) is 27.0. The van der Waals surface area contributed by atoms with Crippen molar-refractivity contribution in [3.63, 3.8) is 0 Å². The SMILES string of the molecule is C=C1/C=C\c2c(c3ccccc3n2C2=CCCC=C2)COC(=C2\c3cc(-c4ccccc4)ccc3N(c3ccccc3)C2C)/C1=C\C. The molecule has 2 aliphatic heterocycles. The van der Waals surface area contributed by atoms with Gasteiger partial charge in [-0.15, -0.1) is 0 Å². The van der Waals surface area contributed by atoms with Crippen LogP contribution in [0, 0.1) is 0 Å². The molecule has 3 aliphatic rings. The van der Waals surface area contributed by atoms with Gasteiger partial charge in [0.2, 0.25) is 0 Å². The van der Waals surface area contributed by atoms with Crippen molar-refractivity contribution < 1.29 is 4.74 Å². The summed E-state index contributed by atoms with van der Waals surface area (Å²) in [4.78, 5) is 2.44. The van der Waals surface area contributed by atoms with E-state index in [-0.39, 0.29) is 6.04 Å². The largest absolute Gasteiger partial charge is 0.488 e. The van der Waals surface area contributed by atoms with E-state index in [0.29, 0.717) is 6.61 Å². The average Bonchev–Trinajstić information content (AvgIpc) is 3.61. The maximum Gasteiger partial charge on any atom is 0.133 e. The summed E-state index contributed by atoms with van der Waals surface area (Å²) in [6.45, 7) is 9.43. The molecular formula is C44H38N2O. The van der Waals surface area contributed by atoms with E-state index in [1.807, 2.05) is 0 Å². The van der Waals surface area contributed by atoms with E-state index >= 15 is 0 Å². The maximum atomic E-state index is 7.15. The summed E-state index contributed by atoms with van der Waals surface area (Å²) < 4.78 is 9.53. The van der Waals surface area contributed by atoms with Crippen molar-refractivity contribution in [1.29, 1.82) is 0 Å². The molecule has 0 radical (unpaired) electrons. The fraction of sp³-hybridized carbons (Fsp3) is 0.136. The molecule has 230 valence electrons. The standard InChI is InChI=1S/C44H38N2O/c1-4-36-30(2)24-26-42-39(37-22-14-15-23-40(37)46(42)35-20-12-7-13-21-35)29-47-44(36)43-31(3)45(34-18-10-6-11-19-34)41-27-25-33(28-38(41)43)32-16-8-5-9-17-32/h4-6,8-12,14-28,31H,2,7,13,29H2,1,3H3/b26-24-,36-4-,44-43-. The molecule has 4 aromatic carbocycles. The molecule has 8 rings (SSSR count). The second-order valence-corrected chi connectivity index (χ2v) is 12.4. The van der Waals surface area contributed by atoms with Crippen molar-refractivity contribution in [1.82, 2.24) is 4.57 Å². The molecule has 1 aliphatic carbocycles. The van der Waals surface area contributed by atoms with Gasteiger partial charge in [-0.25, -0.2) is 0 Å². The summed E-state index contributed by atoms with van der Waals surface area (Å²) in [5, 5.41) is 1.21. The summed E-state index contributed by atoms with van der Waals surface area (Å²) in [5.41, 5.74) is 13.8. The van der Waals surface area contributed by atoms with E-state index in [0.717, 1.165) is 41.1 Å². The quantitative estimate of drug-likeness (QED) is 0.202. The Morgan fingerprint density at radius 2 is 1.57 bits per heavy atom. The number of hydrogen-bond donors (Lipinski definition) is 0. The minimum atomic E-state index is 0.0271. The van der Waals surface area contributed by atoms with Crippen LogP contribution in [0.4, 0.5) is 11.4 Å². The third-order valence-electron chi connectivity index (χ3n) is 9.67. The van der Waals surface area contributed by atoms with Gasteiger partial charge in [-0.3, -0.25) is 0 Å². The first-order valence-electron chi connectivity index (χ1n) is 16.6. The van der Waals surface area contributed by atoms with Crippen molar-refractivity contribution >= 4 is 39.6 Å². The van der Waals surface area contributed by atoms with E-state index < -0.39 is 0 Å². The zero-order chi connectivity index (χ0) is 31.9. The van der Waals surface area contributed by atoms with Crippen molar-refractivity contribution in [3.8, 4) is 11.1 Å².